The van der Waals surface area contributed by atoms with Gasteiger partial charge in [0.25, 0.3) is 0 Å². The van der Waals surface area contributed by atoms with Gasteiger partial charge in [0.05, 0.1) is 11.6 Å². The number of pyridine rings is 1. The van der Waals surface area contributed by atoms with Gasteiger partial charge >= 0.3 is 0 Å². The van der Waals surface area contributed by atoms with E-state index in [1.165, 1.54) is 19.3 Å². The number of halogens is 1. The minimum Gasteiger partial charge on any atom is -0.296 e. The van der Waals surface area contributed by atoms with Crippen LogP contribution in [0.1, 0.15) is 25.1 Å². The summed E-state index contributed by atoms with van der Waals surface area (Å²) in [5.41, 5.74) is 0.751. The smallest absolute Gasteiger partial charge is 0.179 e. The number of fused-ring (bicyclic) bond motifs is 1. The highest BCUT2D eigenvalue weighted by molar-refractivity contribution is 6.33. The highest BCUT2D eigenvalue weighted by atomic mass is 35.5. The molecule has 0 saturated carbocycles. The molecule has 90 valence electrons. The summed E-state index contributed by atoms with van der Waals surface area (Å²) in [5, 5.41) is 9.03. The van der Waals surface area contributed by atoms with Gasteiger partial charge in [0, 0.05) is 6.20 Å². The number of hydrogen-bond acceptors (Lipinski definition) is 3. The first-order valence-electron chi connectivity index (χ1n) is 6.05. The third-order valence-electron chi connectivity index (χ3n) is 3.27. The number of rotatable bonds is 2. The van der Waals surface area contributed by atoms with Crippen molar-refractivity contribution in [1.29, 1.82) is 0 Å². The lowest BCUT2D eigenvalue weighted by Crippen LogP contribution is -2.29. The van der Waals surface area contributed by atoms with Crippen LogP contribution in [-0.2, 0) is 6.54 Å². The van der Waals surface area contributed by atoms with Crippen molar-refractivity contribution in [3.05, 3.63) is 29.2 Å². The molecule has 0 N–H and O–H groups in total. The molecule has 2 aromatic rings. The Hall–Kier alpha value is -1.13. The van der Waals surface area contributed by atoms with Crippen LogP contribution >= 0.6 is 11.6 Å². The quantitative estimate of drug-likeness (QED) is 0.821. The lowest BCUT2D eigenvalue weighted by Gasteiger charge is -2.25. The van der Waals surface area contributed by atoms with E-state index in [0.29, 0.717) is 5.02 Å². The Morgan fingerprint density at radius 3 is 2.82 bits per heavy atom. The van der Waals surface area contributed by atoms with Gasteiger partial charge in [-0.1, -0.05) is 18.0 Å². The highest BCUT2D eigenvalue weighted by Gasteiger charge is 2.14. The molecule has 2 aromatic heterocycles. The van der Waals surface area contributed by atoms with Crippen LogP contribution in [0.25, 0.3) is 5.65 Å². The molecular weight excluding hydrogens is 236 g/mol. The minimum absolute atomic E-state index is 0.657. The van der Waals surface area contributed by atoms with Crippen molar-refractivity contribution in [3.8, 4) is 0 Å². The molecule has 3 heterocycles. The molecule has 1 fully saturated rings. The lowest BCUT2D eigenvalue weighted by atomic mass is 10.1. The maximum absolute atomic E-state index is 6.08. The molecule has 1 saturated heterocycles. The predicted molar refractivity (Wildman–Crippen MR) is 67.1 cm³/mol. The van der Waals surface area contributed by atoms with E-state index >= 15 is 0 Å². The van der Waals surface area contributed by atoms with Crippen molar-refractivity contribution < 1.29 is 0 Å². The zero-order chi connectivity index (χ0) is 11.7. The molecule has 0 bridgehead atoms. The van der Waals surface area contributed by atoms with E-state index in [1.807, 2.05) is 22.7 Å². The standard InChI is InChI=1S/C12H15ClN4/c13-10-5-4-8-17-11(14-15-12(10)17)9-16-6-2-1-3-7-16/h4-5,8H,1-3,6-7,9H2. The fourth-order valence-corrected chi connectivity index (χ4v) is 2.56. The van der Waals surface area contributed by atoms with E-state index in [1.54, 1.807) is 0 Å². The van der Waals surface area contributed by atoms with Gasteiger partial charge in [-0.25, -0.2) is 0 Å². The number of hydrogen-bond donors (Lipinski definition) is 0. The van der Waals surface area contributed by atoms with E-state index in [2.05, 4.69) is 15.1 Å². The normalized spacial score (nSPS) is 17.7. The molecule has 0 unspecified atom stereocenters. The first kappa shape index (κ1) is 11.0. The highest BCUT2D eigenvalue weighted by Crippen LogP contribution is 2.17. The summed E-state index contributed by atoms with van der Waals surface area (Å²) in [4.78, 5) is 2.43. The van der Waals surface area contributed by atoms with Gasteiger partial charge in [0.2, 0.25) is 0 Å². The maximum atomic E-state index is 6.08. The van der Waals surface area contributed by atoms with Crippen molar-refractivity contribution >= 4 is 17.2 Å². The Bertz CT molecular complexity index is 516. The van der Waals surface area contributed by atoms with Crippen molar-refractivity contribution in [2.24, 2.45) is 0 Å². The maximum Gasteiger partial charge on any atom is 0.179 e. The molecule has 0 amide bonds. The van der Waals surface area contributed by atoms with Gasteiger partial charge < -0.3 is 0 Å². The summed E-state index contributed by atoms with van der Waals surface area (Å²) in [5.74, 6) is 0.976. The zero-order valence-electron chi connectivity index (χ0n) is 9.64. The van der Waals surface area contributed by atoms with E-state index in [-0.39, 0.29) is 0 Å². The third kappa shape index (κ3) is 2.15. The number of nitrogens with zero attached hydrogens (tertiary/aromatic N) is 4. The molecule has 0 aliphatic carbocycles. The molecule has 0 atom stereocenters. The van der Waals surface area contributed by atoms with Crippen LogP contribution in [-0.4, -0.2) is 32.6 Å². The van der Waals surface area contributed by atoms with Crippen LogP contribution in [0, 0.1) is 0 Å². The molecule has 0 aromatic carbocycles. The monoisotopic (exact) mass is 250 g/mol. The predicted octanol–water partition coefficient (Wildman–Crippen LogP) is 2.37. The molecule has 5 heteroatoms. The Kier molecular flexibility index (Phi) is 2.99. The summed E-state index contributed by atoms with van der Waals surface area (Å²) in [6, 6.07) is 3.77. The number of piperidine rings is 1. The van der Waals surface area contributed by atoms with Crippen LogP contribution in [0.4, 0.5) is 0 Å². The van der Waals surface area contributed by atoms with Crippen LogP contribution in [0.15, 0.2) is 18.3 Å². The largest absolute Gasteiger partial charge is 0.296 e. The first-order valence-corrected chi connectivity index (χ1v) is 6.43. The lowest BCUT2D eigenvalue weighted by molar-refractivity contribution is 0.215. The first-order chi connectivity index (χ1) is 8.34. The van der Waals surface area contributed by atoms with Gasteiger partial charge in [-0.3, -0.25) is 9.30 Å². The Labute approximate surface area is 105 Å². The number of likely N-dealkylation sites (tertiary alicyclic amines) is 1. The van der Waals surface area contributed by atoms with E-state index < -0.39 is 0 Å². The summed E-state index contributed by atoms with van der Waals surface area (Å²) >= 11 is 6.08. The molecule has 1 aliphatic rings. The molecule has 3 rings (SSSR count). The second-order valence-corrected chi connectivity index (χ2v) is 4.91. The SMILES string of the molecule is Clc1cccn2c(CN3CCCCC3)nnc12. The Balaban J connectivity index is 1.87. The van der Waals surface area contributed by atoms with Crippen LogP contribution < -0.4 is 0 Å². The van der Waals surface area contributed by atoms with Gasteiger partial charge in [-0.2, -0.15) is 0 Å². The van der Waals surface area contributed by atoms with Gasteiger partial charge in [0.1, 0.15) is 0 Å². The van der Waals surface area contributed by atoms with Gasteiger partial charge in [-0.05, 0) is 38.1 Å². The minimum atomic E-state index is 0.657. The molecule has 17 heavy (non-hydrogen) atoms. The van der Waals surface area contributed by atoms with E-state index in [4.69, 9.17) is 11.6 Å². The van der Waals surface area contributed by atoms with E-state index in [0.717, 1.165) is 31.1 Å². The van der Waals surface area contributed by atoms with Crippen molar-refractivity contribution in [1.82, 2.24) is 19.5 Å². The summed E-state index contributed by atoms with van der Waals surface area (Å²) < 4.78 is 1.98. The molecule has 4 nitrogen and oxygen atoms in total. The molecule has 1 aliphatic heterocycles. The topological polar surface area (TPSA) is 33.4 Å². The average molecular weight is 251 g/mol. The molecule has 0 spiro atoms. The summed E-state index contributed by atoms with van der Waals surface area (Å²) in [6.45, 7) is 3.19. The van der Waals surface area contributed by atoms with Gasteiger partial charge in [0.15, 0.2) is 11.5 Å². The third-order valence-corrected chi connectivity index (χ3v) is 3.57. The summed E-state index contributed by atoms with van der Waals surface area (Å²) in [6.07, 6.45) is 5.90. The van der Waals surface area contributed by atoms with Crippen molar-refractivity contribution in [3.63, 3.8) is 0 Å². The zero-order valence-corrected chi connectivity index (χ0v) is 10.4. The van der Waals surface area contributed by atoms with E-state index in [9.17, 15) is 0 Å². The van der Waals surface area contributed by atoms with Crippen LogP contribution in [0.3, 0.4) is 0 Å². The Morgan fingerprint density at radius 1 is 1.18 bits per heavy atom. The van der Waals surface area contributed by atoms with Gasteiger partial charge in [-0.15, -0.1) is 10.2 Å². The van der Waals surface area contributed by atoms with Crippen molar-refractivity contribution in [2.45, 2.75) is 25.8 Å². The Morgan fingerprint density at radius 2 is 2.00 bits per heavy atom. The number of aromatic nitrogens is 3. The second-order valence-electron chi connectivity index (χ2n) is 4.50. The average Bonchev–Trinajstić information content (AvgIpc) is 2.76. The fraction of sp³-hybridized carbons (Fsp3) is 0.500. The van der Waals surface area contributed by atoms with Crippen LogP contribution in [0.5, 0.6) is 0 Å². The molecular formula is C12H15ClN4. The molecule has 0 radical (unpaired) electrons. The van der Waals surface area contributed by atoms with Crippen molar-refractivity contribution in [2.75, 3.05) is 13.1 Å². The summed E-state index contributed by atoms with van der Waals surface area (Å²) in [7, 11) is 0. The second kappa shape index (κ2) is 4.63. The fourth-order valence-electron chi connectivity index (χ4n) is 2.36. The van der Waals surface area contributed by atoms with Crippen LogP contribution in [0.2, 0.25) is 5.02 Å².